The predicted octanol–water partition coefficient (Wildman–Crippen LogP) is 2.02. The van der Waals surface area contributed by atoms with E-state index in [9.17, 15) is 4.79 Å². The van der Waals surface area contributed by atoms with Crippen LogP contribution in [0.3, 0.4) is 0 Å². The van der Waals surface area contributed by atoms with Crippen molar-refractivity contribution < 1.29 is 4.79 Å². The summed E-state index contributed by atoms with van der Waals surface area (Å²) >= 11 is 5.44. The summed E-state index contributed by atoms with van der Waals surface area (Å²) in [7, 11) is 0. The largest absolute Gasteiger partial charge is 0.361 e. The molecule has 0 bridgehead atoms. The predicted molar refractivity (Wildman–Crippen MR) is 60.8 cm³/mol. The minimum Gasteiger partial charge on any atom is -0.361 e. The Kier molecular flexibility index (Phi) is 3.04. The molecule has 78 valence electrons. The van der Waals surface area contributed by atoms with Crippen LogP contribution in [0.5, 0.6) is 0 Å². The molecule has 1 heterocycles. The Hall–Kier alpha value is -1.32. The van der Waals surface area contributed by atoms with E-state index in [4.69, 9.17) is 11.8 Å². The number of carbonyl (C=O) groups is 1. The van der Waals surface area contributed by atoms with E-state index in [1.54, 1.807) is 0 Å². The van der Waals surface area contributed by atoms with Gasteiger partial charge in [-0.25, -0.2) is 4.84 Å². The second-order valence-electron chi connectivity index (χ2n) is 3.42. The van der Waals surface area contributed by atoms with Gasteiger partial charge in [-0.2, -0.15) is 0 Å². The van der Waals surface area contributed by atoms with Crippen LogP contribution >= 0.6 is 11.8 Å². The van der Waals surface area contributed by atoms with Crippen molar-refractivity contribution in [3.63, 3.8) is 0 Å². The van der Waals surface area contributed by atoms with Gasteiger partial charge in [0.2, 0.25) is 0 Å². The van der Waals surface area contributed by atoms with Crippen molar-refractivity contribution in [1.29, 1.82) is 0 Å². The first kappa shape index (κ1) is 10.2. The van der Waals surface area contributed by atoms with Crippen molar-refractivity contribution in [3.8, 4) is 0 Å². The monoisotopic (exact) mass is 222 g/mol. The van der Waals surface area contributed by atoms with Crippen molar-refractivity contribution >= 4 is 29.0 Å². The van der Waals surface area contributed by atoms with E-state index in [0.29, 0.717) is 6.42 Å². The molecule has 1 atom stereocenters. The number of carbonyl (C=O) groups excluding carboxylic acids is 1. The van der Waals surface area contributed by atoms with Gasteiger partial charge >= 0.3 is 0 Å². The van der Waals surface area contributed by atoms with Crippen LogP contribution in [0.4, 0.5) is 0 Å². The average molecular weight is 223 g/mol. The number of rotatable bonds is 4. The van der Waals surface area contributed by atoms with Crippen LogP contribution in [0.25, 0.3) is 10.9 Å². The summed E-state index contributed by atoms with van der Waals surface area (Å²) in [4.78, 5) is 16.2. The number of hydrogen-bond acceptors (Lipinski definition) is 2. The molecule has 1 unspecified atom stereocenters. The van der Waals surface area contributed by atoms with Crippen molar-refractivity contribution in [2.24, 2.45) is 0 Å². The van der Waals surface area contributed by atoms with Gasteiger partial charge in [-0.1, -0.05) is 18.2 Å². The maximum absolute atomic E-state index is 10.6. The Bertz CT molecular complexity index is 466. The van der Waals surface area contributed by atoms with E-state index in [1.165, 1.54) is 0 Å². The number of aromatic amines is 1. The van der Waals surface area contributed by atoms with Gasteiger partial charge in [0.15, 0.2) is 0 Å². The van der Waals surface area contributed by atoms with Gasteiger partial charge in [0, 0.05) is 17.1 Å². The van der Waals surface area contributed by atoms with Crippen LogP contribution in [0.2, 0.25) is 0 Å². The van der Waals surface area contributed by atoms with Crippen molar-refractivity contribution in [3.05, 3.63) is 36.0 Å². The lowest BCUT2D eigenvalue weighted by atomic mass is 10.1. The summed E-state index contributed by atoms with van der Waals surface area (Å²) in [5.41, 5.74) is 2.17. The highest BCUT2D eigenvalue weighted by Crippen LogP contribution is 2.18. The Morgan fingerprint density at radius 2 is 2.27 bits per heavy atom. The third-order valence-electron chi connectivity index (χ3n) is 2.42. The van der Waals surface area contributed by atoms with Crippen LogP contribution in [0, 0.1) is 0 Å². The molecule has 0 spiro atoms. The zero-order chi connectivity index (χ0) is 10.7. The van der Waals surface area contributed by atoms with E-state index in [2.05, 4.69) is 9.82 Å². The van der Waals surface area contributed by atoms with Crippen LogP contribution in [0.1, 0.15) is 5.56 Å². The molecule has 0 aliphatic rings. The molecule has 1 aromatic carbocycles. The van der Waals surface area contributed by atoms with Gasteiger partial charge in [-0.05, 0) is 29.8 Å². The number of halogens is 1. The molecule has 0 saturated carbocycles. The molecule has 15 heavy (non-hydrogen) atoms. The number of aromatic nitrogens is 1. The highest BCUT2D eigenvalue weighted by atomic mass is 35.5. The summed E-state index contributed by atoms with van der Waals surface area (Å²) in [5, 5.41) is 1.14. The Labute approximate surface area is 92.5 Å². The SMILES string of the molecule is O=CC(Cc1c[nH]c2ccccc12)NCl. The second kappa shape index (κ2) is 4.47. The van der Waals surface area contributed by atoms with Gasteiger partial charge in [0.1, 0.15) is 6.29 Å². The fourth-order valence-corrected chi connectivity index (χ4v) is 1.78. The molecular weight excluding hydrogens is 212 g/mol. The summed E-state index contributed by atoms with van der Waals surface area (Å²) < 4.78 is 0. The molecule has 4 heteroatoms. The maximum atomic E-state index is 10.6. The van der Waals surface area contributed by atoms with Crippen LogP contribution in [0.15, 0.2) is 30.5 Å². The summed E-state index contributed by atoms with van der Waals surface area (Å²) in [6, 6.07) is 7.63. The highest BCUT2D eigenvalue weighted by molar-refractivity contribution is 6.14. The molecule has 2 N–H and O–H groups in total. The van der Waals surface area contributed by atoms with Crippen LogP contribution in [-0.4, -0.2) is 17.3 Å². The summed E-state index contributed by atoms with van der Waals surface area (Å²) in [6.07, 6.45) is 3.32. The van der Waals surface area contributed by atoms with Gasteiger partial charge < -0.3 is 9.78 Å². The Morgan fingerprint density at radius 1 is 1.47 bits per heavy atom. The third kappa shape index (κ3) is 2.03. The average Bonchev–Trinajstić information content (AvgIpc) is 2.69. The summed E-state index contributed by atoms with van der Waals surface area (Å²) in [5.74, 6) is 0. The topological polar surface area (TPSA) is 44.9 Å². The fraction of sp³-hybridized carbons (Fsp3) is 0.182. The number of hydrogen-bond donors (Lipinski definition) is 2. The lowest BCUT2D eigenvalue weighted by Crippen LogP contribution is -2.24. The van der Waals surface area contributed by atoms with Gasteiger partial charge in [-0.3, -0.25) is 0 Å². The number of H-pyrrole nitrogens is 1. The number of aldehydes is 1. The minimum absolute atomic E-state index is 0.342. The molecule has 0 aliphatic heterocycles. The van der Waals surface area contributed by atoms with Crippen molar-refractivity contribution in [1.82, 2.24) is 9.82 Å². The molecule has 2 aromatic rings. The van der Waals surface area contributed by atoms with E-state index in [1.807, 2.05) is 30.5 Å². The maximum Gasteiger partial charge on any atom is 0.138 e. The third-order valence-corrected chi connectivity index (χ3v) is 2.70. The van der Waals surface area contributed by atoms with Crippen molar-refractivity contribution in [2.75, 3.05) is 0 Å². The molecular formula is C11H11ClN2O. The first-order chi connectivity index (χ1) is 7.35. The molecule has 0 amide bonds. The first-order valence-corrected chi connectivity index (χ1v) is 5.09. The molecule has 0 aliphatic carbocycles. The molecule has 0 saturated heterocycles. The normalized spacial score (nSPS) is 12.9. The van der Waals surface area contributed by atoms with Gasteiger partial charge in [0.05, 0.1) is 6.04 Å². The smallest absolute Gasteiger partial charge is 0.138 e. The number of fused-ring (bicyclic) bond motifs is 1. The molecule has 0 fully saturated rings. The minimum atomic E-state index is -0.342. The number of benzene rings is 1. The first-order valence-electron chi connectivity index (χ1n) is 4.71. The van der Waals surface area contributed by atoms with Crippen molar-refractivity contribution in [2.45, 2.75) is 12.5 Å². The molecule has 3 nitrogen and oxygen atoms in total. The molecule has 2 rings (SSSR count). The Balaban J connectivity index is 2.32. The lowest BCUT2D eigenvalue weighted by Gasteiger charge is -2.05. The van der Waals surface area contributed by atoms with Crippen LogP contribution in [-0.2, 0) is 11.2 Å². The Morgan fingerprint density at radius 3 is 3.00 bits per heavy atom. The molecule has 1 aromatic heterocycles. The van der Waals surface area contributed by atoms with Gasteiger partial charge in [-0.15, -0.1) is 0 Å². The zero-order valence-electron chi connectivity index (χ0n) is 8.03. The fourth-order valence-electron chi connectivity index (χ4n) is 1.65. The van der Waals surface area contributed by atoms with Crippen LogP contribution < -0.4 is 4.84 Å². The quantitative estimate of drug-likeness (QED) is 0.614. The second-order valence-corrected chi connectivity index (χ2v) is 3.63. The molecule has 0 radical (unpaired) electrons. The standard InChI is InChI=1S/C11H11ClN2O/c12-14-9(7-15)5-8-6-13-11-4-2-1-3-10(8)11/h1-4,6-7,9,13-14H,5H2. The number of nitrogens with one attached hydrogen (secondary N) is 2. The lowest BCUT2D eigenvalue weighted by molar-refractivity contribution is -0.109. The number of para-hydroxylation sites is 1. The summed E-state index contributed by atoms with van der Waals surface area (Å²) in [6.45, 7) is 0. The van der Waals surface area contributed by atoms with E-state index in [-0.39, 0.29) is 6.04 Å². The highest BCUT2D eigenvalue weighted by Gasteiger charge is 2.09. The van der Waals surface area contributed by atoms with E-state index < -0.39 is 0 Å². The van der Waals surface area contributed by atoms with Gasteiger partial charge in [0.25, 0.3) is 0 Å². The van der Waals surface area contributed by atoms with E-state index >= 15 is 0 Å². The van der Waals surface area contributed by atoms with E-state index in [0.717, 1.165) is 22.8 Å². The zero-order valence-corrected chi connectivity index (χ0v) is 8.79.